The van der Waals surface area contributed by atoms with E-state index >= 15 is 0 Å². The monoisotopic (exact) mass is 311 g/mol. The third-order valence-corrected chi connectivity index (χ3v) is 5.26. The molecule has 0 aromatic heterocycles. The fraction of sp³-hybridized carbons (Fsp3) is 0.600. The van der Waals surface area contributed by atoms with Crippen LogP contribution in [-0.2, 0) is 10.0 Å². The molecular formula is C15H25N3O2S. The molecule has 1 aliphatic carbocycles. The number of rotatable bonds is 5. The highest BCUT2D eigenvalue weighted by Gasteiger charge is 2.24. The third-order valence-electron chi connectivity index (χ3n) is 4.31. The van der Waals surface area contributed by atoms with Crippen LogP contribution in [0.15, 0.2) is 23.1 Å². The summed E-state index contributed by atoms with van der Waals surface area (Å²) in [6.07, 6.45) is 7.17. The van der Waals surface area contributed by atoms with Crippen LogP contribution in [0.3, 0.4) is 0 Å². The van der Waals surface area contributed by atoms with E-state index < -0.39 is 10.0 Å². The van der Waals surface area contributed by atoms with Crippen LogP contribution in [0.4, 0.5) is 11.4 Å². The van der Waals surface area contributed by atoms with Gasteiger partial charge < -0.3 is 11.1 Å². The maximum absolute atomic E-state index is 11.7. The van der Waals surface area contributed by atoms with Gasteiger partial charge in [-0.15, -0.1) is 0 Å². The lowest BCUT2D eigenvalue weighted by Gasteiger charge is -2.31. The number of sulfonamides is 1. The Bertz CT molecular complexity index is 581. The molecule has 0 bridgehead atoms. The number of nitrogen functional groups attached to an aromatic ring is 1. The summed E-state index contributed by atoms with van der Waals surface area (Å²) in [5, 5.41) is 8.68. The third kappa shape index (κ3) is 4.11. The zero-order valence-electron chi connectivity index (χ0n) is 12.5. The quantitative estimate of drug-likeness (QED) is 0.728. The molecule has 0 saturated heterocycles. The summed E-state index contributed by atoms with van der Waals surface area (Å²) in [5.41, 5.74) is 6.64. The topological polar surface area (TPSA) is 98.2 Å². The van der Waals surface area contributed by atoms with Crippen LogP contribution in [0.1, 0.15) is 45.4 Å². The molecule has 1 aromatic rings. The summed E-state index contributed by atoms with van der Waals surface area (Å²) < 4.78 is 23.5. The average molecular weight is 311 g/mol. The van der Waals surface area contributed by atoms with E-state index in [9.17, 15) is 8.42 Å². The molecule has 118 valence electrons. The molecule has 5 N–H and O–H groups in total. The van der Waals surface area contributed by atoms with Gasteiger partial charge >= 0.3 is 0 Å². The second kappa shape index (κ2) is 6.66. The molecule has 0 heterocycles. The maximum atomic E-state index is 11.7. The lowest BCUT2D eigenvalue weighted by Crippen LogP contribution is -2.31. The maximum Gasteiger partial charge on any atom is 0.240 e. The molecule has 2 rings (SSSR count). The van der Waals surface area contributed by atoms with Crippen molar-refractivity contribution in [3.8, 4) is 0 Å². The van der Waals surface area contributed by atoms with Crippen LogP contribution in [0.25, 0.3) is 0 Å². The molecule has 1 fully saturated rings. The summed E-state index contributed by atoms with van der Waals surface area (Å²) >= 11 is 0. The Morgan fingerprint density at radius 2 is 1.95 bits per heavy atom. The highest BCUT2D eigenvalue weighted by molar-refractivity contribution is 7.89. The number of hydrogen-bond donors (Lipinski definition) is 3. The molecule has 0 spiro atoms. The van der Waals surface area contributed by atoms with Crippen molar-refractivity contribution in [1.29, 1.82) is 0 Å². The first kappa shape index (κ1) is 16.1. The lowest BCUT2D eigenvalue weighted by molar-refractivity contribution is 0.313. The summed E-state index contributed by atoms with van der Waals surface area (Å²) in [7, 11) is -3.78. The Balaban J connectivity index is 2.24. The predicted octanol–water partition coefficient (Wildman–Crippen LogP) is 2.69. The van der Waals surface area contributed by atoms with Crippen molar-refractivity contribution in [1.82, 2.24) is 0 Å². The van der Waals surface area contributed by atoms with E-state index in [1.54, 1.807) is 12.1 Å². The van der Waals surface area contributed by atoms with Gasteiger partial charge in [0.1, 0.15) is 4.90 Å². The van der Waals surface area contributed by atoms with Gasteiger partial charge in [-0.3, -0.25) is 0 Å². The van der Waals surface area contributed by atoms with Gasteiger partial charge in [0.05, 0.1) is 5.69 Å². The number of anilines is 2. The van der Waals surface area contributed by atoms with E-state index in [0.717, 1.165) is 6.42 Å². The van der Waals surface area contributed by atoms with Gasteiger partial charge in [-0.2, -0.15) is 0 Å². The van der Waals surface area contributed by atoms with Crippen molar-refractivity contribution in [2.75, 3.05) is 11.1 Å². The van der Waals surface area contributed by atoms with E-state index in [4.69, 9.17) is 10.9 Å². The molecule has 1 unspecified atom stereocenters. The van der Waals surface area contributed by atoms with Gasteiger partial charge in [0.2, 0.25) is 10.0 Å². The van der Waals surface area contributed by atoms with Crippen molar-refractivity contribution >= 4 is 21.4 Å². The molecule has 5 nitrogen and oxygen atoms in total. The minimum Gasteiger partial charge on any atom is -0.399 e. The van der Waals surface area contributed by atoms with Crippen LogP contribution >= 0.6 is 0 Å². The van der Waals surface area contributed by atoms with E-state index in [1.807, 2.05) is 0 Å². The average Bonchev–Trinajstić information content (AvgIpc) is 2.46. The summed E-state index contributed by atoms with van der Waals surface area (Å²) in [6.45, 7) is 2.13. The molecule has 0 amide bonds. The molecular weight excluding hydrogens is 286 g/mol. The molecule has 1 aromatic carbocycles. The fourth-order valence-corrected chi connectivity index (χ4v) is 3.92. The van der Waals surface area contributed by atoms with Crippen LogP contribution in [0.5, 0.6) is 0 Å². The largest absolute Gasteiger partial charge is 0.399 e. The molecule has 0 radical (unpaired) electrons. The summed E-state index contributed by atoms with van der Waals surface area (Å²) in [4.78, 5) is 0.0803. The van der Waals surface area contributed by atoms with Crippen LogP contribution in [-0.4, -0.2) is 14.5 Å². The minimum absolute atomic E-state index is 0.0803. The lowest BCUT2D eigenvalue weighted by atomic mass is 9.83. The second-order valence-corrected chi connectivity index (χ2v) is 7.39. The number of hydrogen-bond acceptors (Lipinski definition) is 4. The van der Waals surface area contributed by atoms with Crippen molar-refractivity contribution < 1.29 is 8.42 Å². The van der Waals surface area contributed by atoms with Crippen molar-refractivity contribution in [3.05, 3.63) is 18.2 Å². The molecule has 1 aliphatic rings. The highest BCUT2D eigenvalue weighted by Crippen LogP contribution is 2.31. The van der Waals surface area contributed by atoms with E-state index in [-0.39, 0.29) is 10.9 Å². The van der Waals surface area contributed by atoms with Crippen molar-refractivity contribution in [2.24, 2.45) is 11.1 Å². The number of primary sulfonamides is 1. The van der Waals surface area contributed by atoms with E-state index in [1.165, 1.54) is 38.2 Å². The standard InChI is InChI=1S/C15H25N3O2S/c1-2-13(11-6-4-3-5-7-11)18-14-9-8-12(16)10-15(14)21(17,19)20/h8-11,13,18H,2-7,16H2,1H3,(H2,17,19,20). The van der Waals surface area contributed by atoms with Gasteiger partial charge in [-0.05, 0) is 43.4 Å². The number of benzene rings is 1. The van der Waals surface area contributed by atoms with E-state index in [0.29, 0.717) is 17.3 Å². The molecule has 1 atom stereocenters. The number of nitrogens with two attached hydrogens (primary N) is 2. The zero-order valence-corrected chi connectivity index (χ0v) is 13.3. The SMILES string of the molecule is CCC(Nc1ccc(N)cc1S(N)(=O)=O)C1CCCCC1. The van der Waals surface area contributed by atoms with Gasteiger partial charge in [0.15, 0.2) is 0 Å². The van der Waals surface area contributed by atoms with E-state index in [2.05, 4.69) is 12.2 Å². The fourth-order valence-electron chi connectivity index (χ4n) is 3.18. The molecule has 21 heavy (non-hydrogen) atoms. The second-order valence-electron chi connectivity index (χ2n) is 5.86. The van der Waals surface area contributed by atoms with Crippen molar-refractivity contribution in [3.63, 3.8) is 0 Å². The number of nitrogens with one attached hydrogen (secondary N) is 1. The molecule has 6 heteroatoms. The highest BCUT2D eigenvalue weighted by atomic mass is 32.2. The summed E-state index contributed by atoms with van der Waals surface area (Å²) in [6, 6.07) is 5.10. The van der Waals surface area contributed by atoms with Gasteiger partial charge in [-0.1, -0.05) is 26.2 Å². The van der Waals surface area contributed by atoms with Crippen LogP contribution in [0, 0.1) is 5.92 Å². The minimum atomic E-state index is -3.78. The van der Waals surface area contributed by atoms with Gasteiger partial charge in [0, 0.05) is 11.7 Å². The van der Waals surface area contributed by atoms with Gasteiger partial charge in [0.25, 0.3) is 0 Å². The first-order valence-electron chi connectivity index (χ1n) is 7.60. The zero-order chi connectivity index (χ0) is 15.5. The van der Waals surface area contributed by atoms with Crippen LogP contribution in [0.2, 0.25) is 0 Å². The first-order chi connectivity index (χ1) is 9.91. The Morgan fingerprint density at radius 1 is 1.29 bits per heavy atom. The van der Waals surface area contributed by atoms with Crippen LogP contribution < -0.4 is 16.2 Å². The molecule has 0 aliphatic heterocycles. The Morgan fingerprint density at radius 3 is 2.52 bits per heavy atom. The van der Waals surface area contributed by atoms with Gasteiger partial charge in [-0.25, -0.2) is 13.6 Å². The van der Waals surface area contributed by atoms with Crippen molar-refractivity contribution in [2.45, 2.75) is 56.4 Å². The Kier molecular flexibility index (Phi) is 5.11. The summed E-state index contributed by atoms with van der Waals surface area (Å²) in [5.74, 6) is 0.592. The molecule has 1 saturated carbocycles. The first-order valence-corrected chi connectivity index (χ1v) is 9.15. The predicted molar refractivity (Wildman–Crippen MR) is 86.5 cm³/mol. The Labute approximate surface area is 127 Å². The Hall–Kier alpha value is -1.27. The normalized spacial score (nSPS) is 18.4. The smallest absolute Gasteiger partial charge is 0.240 e.